The Kier molecular flexibility index (Phi) is 9.81. The number of halogens is 1. The molecule has 1 aliphatic carbocycles. The molecule has 0 bridgehead atoms. The van der Waals surface area contributed by atoms with E-state index in [0.29, 0.717) is 6.54 Å². The number of rotatable bonds is 5. The minimum atomic E-state index is -0.555. The number of aliphatic hydroxyl groups is 1. The van der Waals surface area contributed by atoms with Crippen molar-refractivity contribution in [3.63, 3.8) is 0 Å². The molecule has 7 heteroatoms. The molecule has 2 aromatic rings. The number of carbonyl (C=O) groups is 1. The van der Waals surface area contributed by atoms with Crippen LogP contribution in [0.3, 0.4) is 0 Å². The Bertz CT molecular complexity index is 791. The van der Waals surface area contributed by atoms with Gasteiger partial charge in [-0.25, -0.2) is 4.39 Å². The van der Waals surface area contributed by atoms with E-state index in [9.17, 15) is 14.3 Å². The summed E-state index contributed by atoms with van der Waals surface area (Å²) in [6, 6.07) is 16.6. The van der Waals surface area contributed by atoms with Gasteiger partial charge in [0.2, 0.25) is 5.91 Å². The number of nitrogens with two attached hydrogens (primary N) is 1. The number of hydrogen-bond acceptors (Lipinski definition) is 5. The van der Waals surface area contributed by atoms with Crippen LogP contribution in [-0.4, -0.2) is 53.9 Å². The van der Waals surface area contributed by atoms with Crippen LogP contribution in [0.1, 0.15) is 31.7 Å². The van der Waals surface area contributed by atoms with Crippen LogP contribution in [0.15, 0.2) is 54.6 Å². The fraction of sp³-hybridized carbons (Fsp3) is 0.458. The second-order valence-electron chi connectivity index (χ2n) is 8.05. The number of amides is 1. The molecule has 0 aromatic heterocycles. The van der Waals surface area contributed by atoms with Crippen molar-refractivity contribution in [2.24, 2.45) is 0 Å². The van der Waals surface area contributed by atoms with Gasteiger partial charge < -0.3 is 16.2 Å². The molecule has 31 heavy (non-hydrogen) atoms. The first-order valence-electron chi connectivity index (χ1n) is 10.6. The molecule has 2 atom stereocenters. The standard InChI is InChI=1S/C17H24FN3O2.C6H6.CH4S/c1-11(9-21-7-4-13(22)10-21)20-16(23)17(5-6-17)12-2-3-14(18)15(19)8-12;1-2-4-6-5-3-1;1-2/h2-3,8,11,13,22H,4-7,9-10,19H2,1H3,(H,20,23);1-6H;2H,1H3. The minimum absolute atomic E-state index is 0.00284. The van der Waals surface area contributed by atoms with Crippen molar-refractivity contribution >= 4 is 24.2 Å². The van der Waals surface area contributed by atoms with Gasteiger partial charge in [0.1, 0.15) is 5.82 Å². The van der Waals surface area contributed by atoms with E-state index in [1.165, 1.54) is 6.07 Å². The normalized spacial score (nSPS) is 19.8. The zero-order valence-electron chi connectivity index (χ0n) is 18.3. The maximum atomic E-state index is 13.3. The molecule has 1 saturated carbocycles. The molecule has 2 fully saturated rings. The highest BCUT2D eigenvalue weighted by Gasteiger charge is 2.51. The first kappa shape index (κ1) is 25.2. The highest BCUT2D eigenvalue weighted by molar-refractivity contribution is 7.79. The second-order valence-corrected chi connectivity index (χ2v) is 8.05. The molecule has 1 amide bonds. The first-order chi connectivity index (χ1) is 14.9. The summed E-state index contributed by atoms with van der Waals surface area (Å²) >= 11 is 3.53. The smallest absolute Gasteiger partial charge is 0.230 e. The zero-order chi connectivity index (χ0) is 22.9. The van der Waals surface area contributed by atoms with Crippen LogP contribution in [0.5, 0.6) is 0 Å². The van der Waals surface area contributed by atoms with E-state index in [1.807, 2.05) is 43.3 Å². The number of anilines is 1. The van der Waals surface area contributed by atoms with Crippen molar-refractivity contribution < 1.29 is 14.3 Å². The van der Waals surface area contributed by atoms with E-state index in [0.717, 1.165) is 37.9 Å². The maximum Gasteiger partial charge on any atom is 0.230 e. The minimum Gasteiger partial charge on any atom is -0.396 e. The number of benzene rings is 2. The zero-order valence-corrected chi connectivity index (χ0v) is 19.2. The van der Waals surface area contributed by atoms with Crippen molar-refractivity contribution in [1.29, 1.82) is 0 Å². The lowest BCUT2D eigenvalue weighted by molar-refractivity contribution is -0.124. The third-order valence-electron chi connectivity index (χ3n) is 5.56. The summed E-state index contributed by atoms with van der Waals surface area (Å²) in [7, 11) is 0. The number of nitrogens with zero attached hydrogens (tertiary/aromatic N) is 1. The van der Waals surface area contributed by atoms with Gasteiger partial charge in [0.15, 0.2) is 0 Å². The number of nitrogens with one attached hydrogen (secondary N) is 1. The lowest BCUT2D eigenvalue weighted by Gasteiger charge is -2.24. The van der Waals surface area contributed by atoms with Crippen LogP contribution >= 0.6 is 12.6 Å². The first-order valence-corrected chi connectivity index (χ1v) is 11.5. The molecule has 4 rings (SSSR count). The van der Waals surface area contributed by atoms with Crippen molar-refractivity contribution in [2.45, 2.75) is 43.7 Å². The van der Waals surface area contributed by atoms with Gasteiger partial charge in [0.05, 0.1) is 17.2 Å². The fourth-order valence-electron chi connectivity index (χ4n) is 3.77. The lowest BCUT2D eigenvalue weighted by atomic mass is 9.94. The van der Waals surface area contributed by atoms with Crippen LogP contribution in [0.25, 0.3) is 0 Å². The molecule has 0 radical (unpaired) electrons. The van der Waals surface area contributed by atoms with Crippen molar-refractivity contribution in [3.05, 3.63) is 66.0 Å². The van der Waals surface area contributed by atoms with Gasteiger partial charge in [0, 0.05) is 25.7 Å². The van der Waals surface area contributed by atoms with Crippen LogP contribution in [0.2, 0.25) is 0 Å². The summed E-state index contributed by atoms with van der Waals surface area (Å²) in [5.41, 5.74) is 5.95. The molecular formula is C24H34FN3O2S. The largest absolute Gasteiger partial charge is 0.396 e. The highest BCUT2D eigenvalue weighted by Crippen LogP contribution is 2.49. The summed E-state index contributed by atoms with van der Waals surface area (Å²) < 4.78 is 13.3. The number of hydrogen-bond donors (Lipinski definition) is 4. The van der Waals surface area contributed by atoms with Crippen molar-refractivity contribution in [3.8, 4) is 0 Å². The molecule has 1 aliphatic heterocycles. The number of β-amino-alcohol motifs (C(OH)–C–C–N with tert-alkyl or cyclic N) is 1. The van der Waals surface area contributed by atoms with Gasteiger partial charge >= 0.3 is 0 Å². The third kappa shape index (κ3) is 7.23. The highest BCUT2D eigenvalue weighted by atomic mass is 32.1. The van der Waals surface area contributed by atoms with E-state index < -0.39 is 11.2 Å². The third-order valence-corrected chi connectivity index (χ3v) is 5.56. The fourth-order valence-corrected chi connectivity index (χ4v) is 3.77. The topological polar surface area (TPSA) is 78.6 Å². The predicted octanol–water partition coefficient (Wildman–Crippen LogP) is 3.24. The number of nitrogen functional groups attached to an aromatic ring is 1. The van der Waals surface area contributed by atoms with Gasteiger partial charge in [-0.2, -0.15) is 12.6 Å². The number of likely N-dealkylation sites (tertiary alicyclic amines) is 1. The molecule has 1 heterocycles. The summed E-state index contributed by atoms with van der Waals surface area (Å²) in [6.07, 6.45) is 3.76. The molecule has 2 unspecified atom stereocenters. The van der Waals surface area contributed by atoms with E-state index >= 15 is 0 Å². The Hall–Kier alpha value is -2.09. The molecule has 5 nitrogen and oxygen atoms in total. The molecule has 4 N–H and O–H groups in total. The van der Waals surface area contributed by atoms with Crippen molar-refractivity contribution in [2.75, 3.05) is 31.6 Å². The summed E-state index contributed by atoms with van der Waals surface area (Å²) in [6.45, 7) is 4.23. The summed E-state index contributed by atoms with van der Waals surface area (Å²) in [5, 5.41) is 12.6. The molecule has 2 aliphatic rings. The molecular weight excluding hydrogens is 413 g/mol. The average molecular weight is 448 g/mol. The van der Waals surface area contributed by atoms with Crippen LogP contribution in [0, 0.1) is 5.82 Å². The Labute approximate surface area is 190 Å². The van der Waals surface area contributed by atoms with Gasteiger partial charge in [0.25, 0.3) is 0 Å². The monoisotopic (exact) mass is 447 g/mol. The summed E-state index contributed by atoms with van der Waals surface area (Å²) in [4.78, 5) is 14.8. The molecule has 0 spiro atoms. The summed E-state index contributed by atoms with van der Waals surface area (Å²) in [5.74, 6) is -0.471. The average Bonchev–Trinajstić information content (AvgIpc) is 3.50. The molecule has 170 valence electrons. The number of aliphatic hydroxyl groups excluding tert-OH is 1. The van der Waals surface area contributed by atoms with E-state index in [-0.39, 0.29) is 23.7 Å². The Morgan fingerprint density at radius 2 is 1.84 bits per heavy atom. The number of carbonyl (C=O) groups excluding carboxylic acids is 1. The predicted molar refractivity (Wildman–Crippen MR) is 128 cm³/mol. The quantitative estimate of drug-likeness (QED) is 0.419. The lowest BCUT2D eigenvalue weighted by Crippen LogP contribution is -2.45. The van der Waals surface area contributed by atoms with Crippen LogP contribution in [-0.2, 0) is 10.2 Å². The Morgan fingerprint density at radius 3 is 2.29 bits per heavy atom. The van der Waals surface area contributed by atoms with Crippen LogP contribution in [0.4, 0.5) is 10.1 Å². The van der Waals surface area contributed by atoms with Gasteiger partial charge in [-0.05, 0) is 50.1 Å². The van der Waals surface area contributed by atoms with E-state index in [1.54, 1.807) is 18.4 Å². The van der Waals surface area contributed by atoms with Crippen molar-refractivity contribution in [1.82, 2.24) is 10.2 Å². The molecule has 2 aromatic carbocycles. The SMILES string of the molecule is CC(CN1CCC(O)C1)NC(=O)C1(c2ccc(F)c(N)c2)CC1.CS.c1ccccc1. The Morgan fingerprint density at radius 1 is 1.26 bits per heavy atom. The van der Waals surface area contributed by atoms with Gasteiger partial charge in [-0.3, -0.25) is 9.69 Å². The van der Waals surface area contributed by atoms with E-state index in [2.05, 4.69) is 22.8 Å². The Balaban J connectivity index is 0.000000363. The van der Waals surface area contributed by atoms with Crippen LogP contribution < -0.4 is 11.1 Å². The van der Waals surface area contributed by atoms with E-state index in [4.69, 9.17) is 5.73 Å². The second kappa shape index (κ2) is 12.1. The maximum absolute atomic E-state index is 13.3. The van der Waals surface area contributed by atoms with Gasteiger partial charge in [-0.15, -0.1) is 0 Å². The molecule has 1 saturated heterocycles. The van der Waals surface area contributed by atoms with Gasteiger partial charge in [-0.1, -0.05) is 42.5 Å². The number of thiol groups is 1.